The van der Waals surface area contributed by atoms with Gasteiger partial charge in [0.05, 0.1) is 0 Å². The molecular weight excluding hydrogens is 264 g/mol. The molecule has 1 amide bonds. The molecule has 0 bridgehead atoms. The van der Waals surface area contributed by atoms with Crippen molar-refractivity contribution in [3.05, 3.63) is 24.3 Å². The molecule has 1 aromatic rings. The van der Waals surface area contributed by atoms with E-state index in [2.05, 4.69) is 36.1 Å². The molecule has 118 valence electrons. The van der Waals surface area contributed by atoms with Crippen molar-refractivity contribution in [1.82, 2.24) is 9.80 Å². The highest BCUT2D eigenvalue weighted by molar-refractivity contribution is 5.91. The summed E-state index contributed by atoms with van der Waals surface area (Å²) in [7, 11) is 4.13. The van der Waals surface area contributed by atoms with Gasteiger partial charge in [-0.1, -0.05) is 13.0 Å². The number of nitrogens with zero attached hydrogens (tertiary/aromatic N) is 2. The molecule has 3 N–H and O–H groups in total. The molecule has 5 heteroatoms. The molecule has 0 fully saturated rings. The topological polar surface area (TPSA) is 61.6 Å². The fourth-order valence-electron chi connectivity index (χ4n) is 2.09. The van der Waals surface area contributed by atoms with Crippen molar-refractivity contribution in [2.24, 2.45) is 0 Å². The molecule has 0 atom stereocenters. The van der Waals surface area contributed by atoms with Crippen molar-refractivity contribution in [1.29, 1.82) is 0 Å². The maximum absolute atomic E-state index is 12.0. The molecule has 21 heavy (non-hydrogen) atoms. The number of amides is 1. The van der Waals surface area contributed by atoms with Gasteiger partial charge in [-0.3, -0.25) is 4.79 Å². The van der Waals surface area contributed by atoms with E-state index in [-0.39, 0.29) is 5.91 Å². The van der Waals surface area contributed by atoms with Crippen LogP contribution in [0.2, 0.25) is 0 Å². The standard InChI is InChI=1S/C16H28N4O/c1-4-9-20(12-11-19(2)3)10-8-16(21)18-15-7-5-6-14(17)13-15/h5-7,13H,4,8-12,17H2,1-3H3,(H,18,21). The first-order valence-corrected chi connectivity index (χ1v) is 7.53. The molecule has 0 unspecified atom stereocenters. The minimum atomic E-state index is 0.0338. The highest BCUT2D eigenvalue weighted by Gasteiger charge is 2.08. The number of nitrogen functional groups attached to an aromatic ring is 1. The van der Waals surface area contributed by atoms with Gasteiger partial charge < -0.3 is 20.9 Å². The Balaban J connectivity index is 2.38. The molecule has 0 spiro atoms. The summed E-state index contributed by atoms with van der Waals surface area (Å²) in [4.78, 5) is 16.5. The van der Waals surface area contributed by atoms with E-state index in [1.807, 2.05) is 12.1 Å². The average molecular weight is 292 g/mol. The first kappa shape index (κ1) is 17.5. The van der Waals surface area contributed by atoms with Crippen LogP contribution in [-0.2, 0) is 4.79 Å². The van der Waals surface area contributed by atoms with Crippen LogP contribution in [0.15, 0.2) is 24.3 Å². The number of carbonyl (C=O) groups is 1. The fraction of sp³-hybridized carbons (Fsp3) is 0.562. The summed E-state index contributed by atoms with van der Waals surface area (Å²) in [6.45, 7) is 5.98. The zero-order valence-corrected chi connectivity index (χ0v) is 13.4. The van der Waals surface area contributed by atoms with Crippen LogP contribution in [0.3, 0.4) is 0 Å². The van der Waals surface area contributed by atoms with Gasteiger partial charge in [-0.15, -0.1) is 0 Å². The number of carbonyl (C=O) groups excluding carboxylic acids is 1. The van der Waals surface area contributed by atoms with Gasteiger partial charge in [0.25, 0.3) is 0 Å². The summed E-state index contributed by atoms with van der Waals surface area (Å²) in [5, 5.41) is 2.89. The van der Waals surface area contributed by atoms with Gasteiger partial charge in [-0.05, 0) is 45.3 Å². The lowest BCUT2D eigenvalue weighted by Gasteiger charge is -2.23. The van der Waals surface area contributed by atoms with Crippen molar-refractivity contribution in [2.75, 3.05) is 51.3 Å². The van der Waals surface area contributed by atoms with E-state index in [1.165, 1.54) is 0 Å². The average Bonchev–Trinajstić information content (AvgIpc) is 2.42. The molecule has 0 radical (unpaired) electrons. The summed E-state index contributed by atoms with van der Waals surface area (Å²) in [5.74, 6) is 0.0338. The highest BCUT2D eigenvalue weighted by atomic mass is 16.1. The predicted octanol–water partition coefficient (Wildman–Crippen LogP) is 1.87. The van der Waals surface area contributed by atoms with Gasteiger partial charge in [-0.2, -0.15) is 0 Å². The molecule has 0 aliphatic carbocycles. The monoisotopic (exact) mass is 292 g/mol. The molecule has 0 saturated heterocycles. The van der Waals surface area contributed by atoms with Crippen LogP contribution in [0.5, 0.6) is 0 Å². The third-order valence-corrected chi connectivity index (χ3v) is 3.23. The number of hydrogen-bond acceptors (Lipinski definition) is 4. The molecule has 0 aromatic heterocycles. The third-order valence-electron chi connectivity index (χ3n) is 3.23. The molecule has 0 saturated carbocycles. The van der Waals surface area contributed by atoms with Gasteiger partial charge in [0, 0.05) is 37.4 Å². The number of likely N-dealkylation sites (N-methyl/N-ethyl adjacent to an activating group) is 1. The van der Waals surface area contributed by atoms with Crippen molar-refractivity contribution in [2.45, 2.75) is 19.8 Å². The van der Waals surface area contributed by atoms with Crippen LogP contribution in [0.25, 0.3) is 0 Å². The fourth-order valence-corrected chi connectivity index (χ4v) is 2.09. The molecule has 5 nitrogen and oxygen atoms in total. The van der Waals surface area contributed by atoms with Crippen LogP contribution in [0.1, 0.15) is 19.8 Å². The second-order valence-corrected chi connectivity index (χ2v) is 5.57. The van der Waals surface area contributed by atoms with E-state index in [1.54, 1.807) is 12.1 Å². The minimum absolute atomic E-state index is 0.0338. The molecule has 1 rings (SSSR count). The van der Waals surface area contributed by atoms with E-state index >= 15 is 0 Å². The predicted molar refractivity (Wildman–Crippen MR) is 89.4 cm³/mol. The zero-order chi connectivity index (χ0) is 15.7. The lowest BCUT2D eigenvalue weighted by Crippen LogP contribution is -2.34. The van der Waals surface area contributed by atoms with Gasteiger partial charge in [-0.25, -0.2) is 0 Å². The Morgan fingerprint density at radius 2 is 1.95 bits per heavy atom. The largest absolute Gasteiger partial charge is 0.399 e. The van der Waals surface area contributed by atoms with E-state index in [0.717, 1.165) is 38.3 Å². The van der Waals surface area contributed by atoms with E-state index in [0.29, 0.717) is 12.1 Å². The quantitative estimate of drug-likeness (QED) is 0.682. The first-order chi connectivity index (χ1) is 10.0. The summed E-state index contributed by atoms with van der Waals surface area (Å²) in [6.07, 6.45) is 1.60. The summed E-state index contributed by atoms with van der Waals surface area (Å²) < 4.78 is 0. The lowest BCUT2D eigenvalue weighted by atomic mass is 10.2. The van der Waals surface area contributed by atoms with Crippen LogP contribution < -0.4 is 11.1 Å². The number of hydrogen-bond donors (Lipinski definition) is 2. The van der Waals surface area contributed by atoms with E-state index < -0.39 is 0 Å². The lowest BCUT2D eigenvalue weighted by molar-refractivity contribution is -0.116. The van der Waals surface area contributed by atoms with Crippen LogP contribution in [0.4, 0.5) is 11.4 Å². The smallest absolute Gasteiger partial charge is 0.225 e. The van der Waals surface area contributed by atoms with E-state index in [4.69, 9.17) is 5.73 Å². The summed E-state index contributed by atoms with van der Waals surface area (Å²) in [6, 6.07) is 7.27. The highest BCUT2D eigenvalue weighted by Crippen LogP contribution is 2.12. The Bertz CT molecular complexity index is 434. The molecule has 0 heterocycles. The number of anilines is 2. The number of nitrogens with one attached hydrogen (secondary N) is 1. The van der Waals surface area contributed by atoms with Crippen LogP contribution in [0, 0.1) is 0 Å². The Labute approximate surface area is 128 Å². The van der Waals surface area contributed by atoms with Crippen molar-refractivity contribution >= 4 is 17.3 Å². The summed E-state index contributed by atoms with van der Waals surface area (Å²) in [5.41, 5.74) is 7.12. The minimum Gasteiger partial charge on any atom is -0.399 e. The Morgan fingerprint density at radius 3 is 2.57 bits per heavy atom. The summed E-state index contributed by atoms with van der Waals surface area (Å²) >= 11 is 0. The van der Waals surface area contributed by atoms with Gasteiger partial charge in [0.1, 0.15) is 0 Å². The second-order valence-electron chi connectivity index (χ2n) is 5.57. The molecule has 1 aromatic carbocycles. The molecule has 0 aliphatic heterocycles. The van der Waals surface area contributed by atoms with Crippen molar-refractivity contribution in [3.8, 4) is 0 Å². The number of rotatable bonds is 9. The first-order valence-electron chi connectivity index (χ1n) is 7.53. The van der Waals surface area contributed by atoms with Gasteiger partial charge in [0.2, 0.25) is 5.91 Å². The van der Waals surface area contributed by atoms with Gasteiger partial charge >= 0.3 is 0 Å². The van der Waals surface area contributed by atoms with Crippen LogP contribution >= 0.6 is 0 Å². The normalized spacial score (nSPS) is 11.1. The molecular formula is C16H28N4O. The van der Waals surface area contributed by atoms with Crippen molar-refractivity contribution in [3.63, 3.8) is 0 Å². The van der Waals surface area contributed by atoms with E-state index in [9.17, 15) is 4.79 Å². The Morgan fingerprint density at radius 1 is 1.19 bits per heavy atom. The second kappa shape index (κ2) is 9.37. The number of benzene rings is 1. The molecule has 0 aliphatic rings. The maximum atomic E-state index is 12.0. The zero-order valence-electron chi connectivity index (χ0n) is 13.4. The van der Waals surface area contributed by atoms with Crippen LogP contribution in [-0.4, -0.2) is 56.0 Å². The Hall–Kier alpha value is -1.59. The maximum Gasteiger partial charge on any atom is 0.225 e. The third kappa shape index (κ3) is 7.68. The SMILES string of the molecule is CCCN(CCC(=O)Nc1cccc(N)c1)CCN(C)C. The van der Waals surface area contributed by atoms with Gasteiger partial charge in [0.15, 0.2) is 0 Å². The Kier molecular flexibility index (Phi) is 7.79. The number of nitrogens with two attached hydrogens (primary N) is 1. The van der Waals surface area contributed by atoms with Crippen molar-refractivity contribution < 1.29 is 4.79 Å².